The molecule has 2 unspecified atom stereocenters. The number of carbonyl (C=O) groups is 1. The Labute approximate surface area is 133 Å². The number of hydrogen-bond donors (Lipinski definition) is 3. The molecule has 2 aliphatic heterocycles. The van der Waals surface area contributed by atoms with E-state index in [-0.39, 0.29) is 5.91 Å². The van der Waals surface area contributed by atoms with Gasteiger partial charge in [0.15, 0.2) is 5.56 Å². The fraction of sp³-hybridized carbons (Fsp3) is 0.500. The minimum Gasteiger partial charge on any atom is -0.364 e. The number of thioether (sulfide) groups is 1. The molecule has 0 radical (unpaired) electrons. The van der Waals surface area contributed by atoms with Crippen LogP contribution >= 0.6 is 11.8 Å². The molecular formula is C14H19N5O2S. The van der Waals surface area contributed by atoms with Gasteiger partial charge in [0.1, 0.15) is 0 Å². The molecule has 1 aromatic rings. The number of amides is 1. The molecule has 1 amide bonds. The summed E-state index contributed by atoms with van der Waals surface area (Å²) in [5, 5.41) is 15.2. The van der Waals surface area contributed by atoms with Gasteiger partial charge in [-0.15, -0.1) is 0 Å². The van der Waals surface area contributed by atoms with Crippen LogP contribution in [0.4, 0.5) is 5.95 Å². The van der Waals surface area contributed by atoms with Gasteiger partial charge in [-0.3, -0.25) is 4.79 Å². The summed E-state index contributed by atoms with van der Waals surface area (Å²) in [6.07, 6.45) is 5.62. The van der Waals surface area contributed by atoms with Gasteiger partial charge < -0.3 is 20.6 Å². The Morgan fingerprint density at radius 2 is 2.41 bits per heavy atom. The lowest BCUT2D eigenvalue weighted by Crippen LogP contribution is -2.44. The lowest BCUT2D eigenvalue weighted by molar-refractivity contribution is -0.117. The van der Waals surface area contributed by atoms with Crippen LogP contribution < -0.4 is 15.5 Å². The van der Waals surface area contributed by atoms with E-state index in [4.69, 9.17) is 0 Å². The van der Waals surface area contributed by atoms with Crippen LogP contribution in [0.15, 0.2) is 17.2 Å². The smallest absolute Gasteiger partial charge is 0.260 e. The van der Waals surface area contributed by atoms with Crippen molar-refractivity contribution in [2.24, 2.45) is 0 Å². The van der Waals surface area contributed by atoms with E-state index in [2.05, 4.69) is 25.5 Å². The van der Waals surface area contributed by atoms with Crippen molar-refractivity contribution in [3.05, 3.63) is 22.9 Å². The molecule has 118 valence electrons. The van der Waals surface area contributed by atoms with Gasteiger partial charge in [0.2, 0.25) is 5.95 Å². The summed E-state index contributed by atoms with van der Waals surface area (Å²) >= 11 is 1.08. The Bertz CT molecular complexity index is 588. The van der Waals surface area contributed by atoms with Gasteiger partial charge >= 0.3 is 0 Å². The summed E-state index contributed by atoms with van der Waals surface area (Å²) < 4.78 is 0. The third kappa shape index (κ3) is 3.40. The van der Waals surface area contributed by atoms with Crippen molar-refractivity contribution < 1.29 is 9.90 Å². The number of nitrogens with zero attached hydrogens (tertiary/aromatic N) is 3. The Balaban J connectivity index is 1.77. The van der Waals surface area contributed by atoms with Crippen LogP contribution in [0, 0.1) is 0 Å². The molecule has 7 nitrogen and oxygen atoms in total. The molecular weight excluding hydrogens is 302 g/mol. The van der Waals surface area contributed by atoms with E-state index in [0.29, 0.717) is 22.6 Å². The molecule has 0 saturated carbocycles. The average molecular weight is 321 g/mol. The highest BCUT2D eigenvalue weighted by atomic mass is 32.2. The Morgan fingerprint density at radius 1 is 1.55 bits per heavy atom. The van der Waals surface area contributed by atoms with Crippen LogP contribution in [0.5, 0.6) is 0 Å². The van der Waals surface area contributed by atoms with E-state index in [1.807, 2.05) is 7.05 Å². The first-order valence-electron chi connectivity index (χ1n) is 7.27. The van der Waals surface area contributed by atoms with E-state index in [1.54, 1.807) is 18.3 Å². The molecule has 3 N–H and O–H groups in total. The van der Waals surface area contributed by atoms with Gasteiger partial charge in [-0.25, -0.2) is 9.97 Å². The first kappa shape index (κ1) is 15.3. The summed E-state index contributed by atoms with van der Waals surface area (Å²) in [6, 6.07) is 2.13. The standard InChI is InChI=1S/C14H19N5O2S/c1-19(10-3-2-5-15-8-10)13-16-6-4-9(17-13)7-11-12(20)18-14(21)22-11/h4,6-7,10,14-15,21H,2-3,5,8H2,1H3,(H,18,20). The normalized spacial score (nSPS) is 27.0. The molecule has 2 fully saturated rings. The molecule has 8 heteroatoms. The zero-order valence-corrected chi connectivity index (χ0v) is 13.1. The van der Waals surface area contributed by atoms with Gasteiger partial charge in [-0.2, -0.15) is 0 Å². The number of likely N-dealkylation sites (N-methyl/N-ethyl adjacent to an activating group) is 1. The lowest BCUT2D eigenvalue weighted by Gasteiger charge is -2.31. The molecule has 3 rings (SSSR count). The predicted octanol–water partition coefficient (Wildman–Crippen LogP) is 0.145. The minimum absolute atomic E-state index is 0.275. The molecule has 2 saturated heterocycles. The number of anilines is 1. The third-order valence-electron chi connectivity index (χ3n) is 3.79. The maximum atomic E-state index is 11.6. The molecule has 0 aliphatic carbocycles. The largest absolute Gasteiger partial charge is 0.364 e. The van der Waals surface area contributed by atoms with Gasteiger partial charge in [-0.1, -0.05) is 11.8 Å². The van der Waals surface area contributed by atoms with Crippen molar-refractivity contribution in [3.8, 4) is 0 Å². The maximum Gasteiger partial charge on any atom is 0.260 e. The second-order valence-corrected chi connectivity index (χ2v) is 6.47. The zero-order chi connectivity index (χ0) is 15.5. The highest BCUT2D eigenvalue weighted by Gasteiger charge is 2.25. The zero-order valence-electron chi connectivity index (χ0n) is 12.3. The predicted molar refractivity (Wildman–Crippen MR) is 86.0 cm³/mol. The number of rotatable bonds is 3. The first-order chi connectivity index (χ1) is 10.6. The molecule has 2 atom stereocenters. The van der Waals surface area contributed by atoms with Crippen molar-refractivity contribution in [1.29, 1.82) is 0 Å². The second-order valence-electron chi connectivity index (χ2n) is 5.34. The van der Waals surface area contributed by atoms with Gasteiger partial charge in [0.25, 0.3) is 5.91 Å². The molecule has 0 bridgehead atoms. The van der Waals surface area contributed by atoms with Crippen LogP contribution in [-0.2, 0) is 4.79 Å². The summed E-state index contributed by atoms with van der Waals surface area (Å²) in [4.78, 5) is 23.0. The van der Waals surface area contributed by atoms with E-state index in [9.17, 15) is 9.90 Å². The SMILES string of the molecule is CN(c1nccc(C=C2SC(O)NC2=O)n1)C1CCCNC1. The molecule has 0 spiro atoms. The molecule has 3 heterocycles. The van der Waals surface area contributed by atoms with E-state index < -0.39 is 5.56 Å². The summed E-state index contributed by atoms with van der Waals surface area (Å²) in [6.45, 7) is 1.99. The first-order valence-corrected chi connectivity index (χ1v) is 8.15. The molecule has 1 aromatic heterocycles. The highest BCUT2D eigenvalue weighted by molar-refractivity contribution is 8.05. The lowest BCUT2D eigenvalue weighted by atomic mass is 10.1. The Kier molecular flexibility index (Phi) is 4.60. The number of carbonyl (C=O) groups excluding carboxylic acids is 1. The van der Waals surface area contributed by atoms with Crippen molar-refractivity contribution in [2.75, 3.05) is 25.0 Å². The number of piperidine rings is 1. The van der Waals surface area contributed by atoms with Crippen molar-refractivity contribution in [1.82, 2.24) is 20.6 Å². The summed E-state index contributed by atoms with van der Waals surface area (Å²) in [7, 11) is 1.99. The number of hydrogen-bond acceptors (Lipinski definition) is 7. The van der Waals surface area contributed by atoms with Gasteiger partial charge in [0.05, 0.1) is 10.6 Å². The fourth-order valence-electron chi connectivity index (χ4n) is 2.56. The van der Waals surface area contributed by atoms with Gasteiger partial charge in [-0.05, 0) is 31.5 Å². The third-order valence-corrected chi connectivity index (χ3v) is 4.69. The molecule has 0 aromatic carbocycles. The fourth-order valence-corrected chi connectivity index (χ4v) is 3.32. The van der Waals surface area contributed by atoms with Crippen LogP contribution in [0.25, 0.3) is 6.08 Å². The maximum absolute atomic E-state index is 11.6. The second kappa shape index (κ2) is 6.64. The highest BCUT2D eigenvalue weighted by Crippen LogP contribution is 2.27. The van der Waals surface area contributed by atoms with Crippen molar-refractivity contribution in [3.63, 3.8) is 0 Å². The van der Waals surface area contributed by atoms with Crippen LogP contribution in [0.3, 0.4) is 0 Å². The van der Waals surface area contributed by atoms with Crippen LogP contribution in [0.2, 0.25) is 0 Å². The Morgan fingerprint density at radius 3 is 3.09 bits per heavy atom. The van der Waals surface area contributed by atoms with Crippen LogP contribution in [-0.4, -0.2) is 52.7 Å². The van der Waals surface area contributed by atoms with Crippen LogP contribution in [0.1, 0.15) is 18.5 Å². The quantitative estimate of drug-likeness (QED) is 0.683. The van der Waals surface area contributed by atoms with E-state index in [0.717, 1.165) is 37.7 Å². The van der Waals surface area contributed by atoms with E-state index >= 15 is 0 Å². The number of aliphatic hydroxyl groups excluding tert-OH is 1. The monoisotopic (exact) mass is 321 g/mol. The Hall–Kier alpha value is -1.64. The van der Waals surface area contributed by atoms with Gasteiger partial charge in [0, 0.05) is 25.8 Å². The number of nitrogens with one attached hydrogen (secondary N) is 2. The average Bonchev–Trinajstić information content (AvgIpc) is 2.85. The number of aromatic nitrogens is 2. The van der Waals surface area contributed by atoms with Crippen molar-refractivity contribution >= 4 is 29.7 Å². The van der Waals surface area contributed by atoms with Crippen molar-refractivity contribution in [2.45, 2.75) is 24.4 Å². The minimum atomic E-state index is -0.879. The molecule has 22 heavy (non-hydrogen) atoms. The topological polar surface area (TPSA) is 90.4 Å². The van der Waals surface area contributed by atoms with E-state index in [1.165, 1.54) is 0 Å². The number of aliphatic hydroxyl groups is 1. The summed E-state index contributed by atoms with van der Waals surface area (Å²) in [5.74, 6) is 0.370. The molecule has 2 aliphatic rings. The summed E-state index contributed by atoms with van der Waals surface area (Å²) in [5.41, 5.74) is -0.219.